The van der Waals surface area contributed by atoms with Crippen LogP contribution in [0.4, 0.5) is 5.69 Å². The van der Waals surface area contributed by atoms with Gasteiger partial charge in [-0.15, -0.1) is 0 Å². The molecular weight excluding hydrogens is 252 g/mol. The Morgan fingerprint density at radius 2 is 1.75 bits per heavy atom. The lowest BCUT2D eigenvalue weighted by Gasteiger charge is -2.27. The number of nitrogens with zero attached hydrogens (tertiary/aromatic N) is 1. The van der Waals surface area contributed by atoms with Crippen molar-refractivity contribution in [3.8, 4) is 0 Å². The van der Waals surface area contributed by atoms with Crippen molar-refractivity contribution in [2.24, 2.45) is 5.92 Å². The van der Waals surface area contributed by atoms with Crippen LogP contribution in [0.1, 0.15) is 42.5 Å². The minimum atomic E-state index is 0.0383. The van der Waals surface area contributed by atoms with E-state index in [1.807, 2.05) is 23.1 Å². The Morgan fingerprint density at radius 1 is 1.05 bits per heavy atom. The van der Waals surface area contributed by atoms with Crippen LogP contribution in [0.25, 0.3) is 0 Å². The van der Waals surface area contributed by atoms with E-state index < -0.39 is 0 Å². The third kappa shape index (κ3) is 2.84. The highest BCUT2D eigenvalue weighted by molar-refractivity contribution is 6.04. The van der Waals surface area contributed by atoms with E-state index in [-0.39, 0.29) is 17.7 Å². The van der Waals surface area contributed by atoms with Crippen molar-refractivity contribution in [3.05, 3.63) is 29.8 Å². The van der Waals surface area contributed by atoms with Crippen molar-refractivity contribution in [3.63, 3.8) is 0 Å². The van der Waals surface area contributed by atoms with Gasteiger partial charge in [-0.05, 0) is 44.2 Å². The highest BCUT2D eigenvalue weighted by Crippen LogP contribution is 2.31. The summed E-state index contributed by atoms with van der Waals surface area (Å²) in [6, 6.07) is 7.33. The van der Waals surface area contributed by atoms with Crippen LogP contribution in [0, 0.1) is 5.92 Å². The lowest BCUT2D eigenvalue weighted by molar-refractivity contribution is -0.117. The average molecular weight is 272 g/mol. The normalized spacial score (nSPS) is 18.7. The molecule has 3 rings (SSSR count). The maximum atomic E-state index is 12.6. The number of carbonyl (C=O) groups excluding carboxylic acids is 2. The fourth-order valence-corrected chi connectivity index (χ4v) is 2.63. The number of anilines is 1. The monoisotopic (exact) mass is 272 g/mol. The van der Waals surface area contributed by atoms with E-state index in [4.69, 9.17) is 0 Å². The molecule has 4 heteroatoms. The molecule has 0 bridgehead atoms. The first-order valence-electron chi connectivity index (χ1n) is 7.45. The van der Waals surface area contributed by atoms with E-state index in [9.17, 15) is 9.59 Å². The van der Waals surface area contributed by atoms with E-state index in [0.717, 1.165) is 38.8 Å². The molecular formula is C16H20N2O2. The molecule has 0 radical (unpaired) electrons. The second-order valence-corrected chi connectivity index (χ2v) is 5.66. The zero-order valence-corrected chi connectivity index (χ0v) is 11.6. The molecule has 1 heterocycles. The molecule has 1 saturated carbocycles. The van der Waals surface area contributed by atoms with Crippen LogP contribution < -0.4 is 5.32 Å². The van der Waals surface area contributed by atoms with Crippen molar-refractivity contribution in [1.82, 2.24) is 4.90 Å². The van der Waals surface area contributed by atoms with Crippen LogP contribution in [0.2, 0.25) is 0 Å². The molecule has 1 aliphatic carbocycles. The smallest absolute Gasteiger partial charge is 0.255 e. The van der Waals surface area contributed by atoms with E-state index in [1.54, 1.807) is 6.07 Å². The molecule has 0 spiro atoms. The van der Waals surface area contributed by atoms with Crippen LogP contribution in [-0.4, -0.2) is 29.8 Å². The molecule has 1 aromatic carbocycles. The zero-order valence-electron chi connectivity index (χ0n) is 11.6. The summed E-state index contributed by atoms with van der Waals surface area (Å²) in [5.41, 5.74) is 1.27. The van der Waals surface area contributed by atoms with Crippen LogP contribution in [0.15, 0.2) is 24.3 Å². The minimum absolute atomic E-state index is 0.0383. The third-order valence-electron chi connectivity index (χ3n) is 4.01. The lowest BCUT2D eigenvalue weighted by Crippen LogP contribution is -2.36. The van der Waals surface area contributed by atoms with Crippen LogP contribution >= 0.6 is 0 Å². The second-order valence-electron chi connectivity index (χ2n) is 5.66. The van der Waals surface area contributed by atoms with E-state index in [0.29, 0.717) is 11.3 Å². The molecule has 1 saturated heterocycles. The number of amides is 2. The maximum absolute atomic E-state index is 12.6. The van der Waals surface area contributed by atoms with Gasteiger partial charge >= 0.3 is 0 Å². The number of likely N-dealkylation sites (tertiary alicyclic amines) is 1. The molecule has 0 aromatic heterocycles. The minimum Gasteiger partial charge on any atom is -0.339 e. The maximum Gasteiger partial charge on any atom is 0.255 e. The molecule has 0 unspecified atom stereocenters. The Labute approximate surface area is 119 Å². The van der Waals surface area contributed by atoms with Gasteiger partial charge in [-0.3, -0.25) is 9.59 Å². The number of hydrogen-bond donors (Lipinski definition) is 1. The zero-order chi connectivity index (χ0) is 13.9. The molecule has 2 fully saturated rings. The van der Waals surface area contributed by atoms with Gasteiger partial charge in [0.05, 0.1) is 11.3 Å². The summed E-state index contributed by atoms with van der Waals surface area (Å²) < 4.78 is 0. The van der Waals surface area contributed by atoms with E-state index in [2.05, 4.69) is 5.32 Å². The van der Waals surface area contributed by atoms with Crippen molar-refractivity contribution >= 4 is 17.5 Å². The van der Waals surface area contributed by atoms with E-state index >= 15 is 0 Å². The Bertz CT molecular complexity index is 517. The number of para-hydroxylation sites is 1. The Hall–Kier alpha value is -1.84. The van der Waals surface area contributed by atoms with Gasteiger partial charge < -0.3 is 10.2 Å². The number of nitrogens with one attached hydrogen (secondary N) is 1. The summed E-state index contributed by atoms with van der Waals surface area (Å²) in [5, 5.41) is 2.91. The quantitative estimate of drug-likeness (QED) is 0.919. The Morgan fingerprint density at radius 3 is 2.45 bits per heavy atom. The van der Waals surface area contributed by atoms with Gasteiger partial charge in [0, 0.05) is 19.0 Å². The third-order valence-corrected chi connectivity index (χ3v) is 4.01. The van der Waals surface area contributed by atoms with Gasteiger partial charge in [0.2, 0.25) is 5.91 Å². The number of hydrogen-bond acceptors (Lipinski definition) is 2. The molecule has 1 N–H and O–H groups in total. The SMILES string of the molecule is O=C(Nc1ccccc1C(=O)N1CCCCC1)C1CC1. The van der Waals surface area contributed by atoms with Crippen molar-refractivity contribution < 1.29 is 9.59 Å². The highest BCUT2D eigenvalue weighted by atomic mass is 16.2. The largest absolute Gasteiger partial charge is 0.339 e. The number of carbonyl (C=O) groups is 2. The van der Waals surface area contributed by atoms with Crippen molar-refractivity contribution in [1.29, 1.82) is 0 Å². The molecule has 0 atom stereocenters. The summed E-state index contributed by atoms with van der Waals surface area (Å²) in [6.07, 6.45) is 5.27. The Kier molecular flexibility index (Phi) is 3.72. The van der Waals surface area contributed by atoms with Crippen LogP contribution in [-0.2, 0) is 4.79 Å². The average Bonchev–Trinajstić information content (AvgIpc) is 3.33. The van der Waals surface area contributed by atoms with Gasteiger partial charge in [-0.25, -0.2) is 0 Å². The van der Waals surface area contributed by atoms with Gasteiger partial charge in [-0.2, -0.15) is 0 Å². The van der Waals surface area contributed by atoms with Crippen LogP contribution in [0.3, 0.4) is 0 Å². The van der Waals surface area contributed by atoms with Crippen molar-refractivity contribution in [2.45, 2.75) is 32.1 Å². The summed E-state index contributed by atoms with van der Waals surface area (Å²) in [6.45, 7) is 1.65. The van der Waals surface area contributed by atoms with Gasteiger partial charge in [0.25, 0.3) is 5.91 Å². The first-order chi connectivity index (χ1) is 9.75. The van der Waals surface area contributed by atoms with Crippen molar-refractivity contribution in [2.75, 3.05) is 18.4 Å². The number of rotatable bonds is 3. The first-order valence-corrected chi connectivity index (χ1v) is 7.45. The van der Waals surface area contributed by atoms with Gasteiger partial charge in [0.1, 0.15) is 0 Å². The molecule has 1 aromatic rings. The summed E-state index contributed by atoms with van der Waals surface area (Å²) in [7, 11) is 0. The summed E-state index contributed by atoms with van der Waals surface area (Å²) in [5.74, 6) is 0.230. The molecule has 1 aliphatic heterocycles. The summed E-state index contributed by atoms with van der Waals surface area (Å²) in [4.78, 5) is 26.3. The summed E-state index contributed by atoms with van der Waals surface area (Å²) >= 11 is 0. The molecule has 4 nitrogen and oxygen atoms in total. The molecule has 20 heavy (non-hydrogen) atoms. The Balaban J connectivity index is 1.77. The lowest BCUT2D eigenvalue weighted by atomic mass is 10.1. The fraction of sp³-hybridized carbons (Fsp3) is 0.500. The number of benzene rings is 1. The standard InChI is InChI=1S/C16H20N2O2/c19-15(12-8-9-12)17-14-7-3-2-6-13(14)16(20)18-10-4-1-5-11-18/h2-3,6-7,12H,1,4-5,8-11H2,(H,17,19). The predicted octanol–water partition coefficient (Wildman–Crippen LogP) is 2.66. The fourth-order valence-electron chi connectivity index (χ4n) is 2.63. The molecule has 2 amide bonds. The second kappa shape index (κ2) is 5.65. The van der Waals surface area contributed by atoms with Gasteiger partial charge in [0.15, 0.2) is 0 Å². The topological polar surface area (TPSA) is 49.4 Å². The molecule has 106 valence electrons. The highest BCUT2D eigenvalue weighted by Gasteiger charge is 2.30. The van der Waals surface area contributed by atoms with Crippen LogP contribution in [0.5, 0.6) is 0 Å². The van der Waals surface area contributed by atoms with Gasteiger partial charge in [-0.1, -0.05) is 12.1 Å². The molecule has 2 aliphatic rings. The number of piperidine rings is 1. The first kappa shape index (κ1) is 13.2. The predicted molar refractivity (Wildman–Crippen MR) is 77.6 cm³/mol. The van der Waals surface area contributed by atoms with E-state index in [1.165, 1.54) is 6.42 Å².